The number of anilines is 2. The fraction of sp³-hybridized carbons (Fsp3) is 0.276. The van der Waals surface area contributed by atoms with E-state index in [9.17, 15) is 9.59 Å². The lowest BCUT2D eigenvalue weighted by molar-refractivity contribution is -0.120. The lowest BCUT2D eigenvalue weighted by atomic mass is 10.1. The summed E-state index contributed by atoms with van der Waals surface area (Å²) in [6.45, 7) is 9.48. The fourth-order valence-corrected chi connectivity index (χ4v) is 4.02. The van der Waals surface area contributed by atoms with Crippen molar-refractivity contribution in [3.8, 4) is 11.5 Å². The number of rotatable bonds is 10. The maximum atomic E-state index is 12.5. The number of hydrogen-bond acceptors (Lipinski definition) is 6. The molecule has 37 heavy (non-hydrogen) atoms. The number of oxime groups is 1. The molecule has 194 valence electrons. The Balaban J connectivity index is 1.51. The number of aryl methyl sites for hydroxylation is 5. The van der Waals surface area contributed by atoms with Gasteiger partial charge in [0.25, 0.3) is 11.8 Å². The summed E-state index contributed by atoms with van der Waals surface area (Å²) in [6.07, 6.45) is 1.46. The van der Waals surface area contributed by atoms with Gasteiger partial charge in [-0.2, -0.15) is 0 Å². The summed E-state index contributed by atoms with van der Waals surface area (Å²) >= 11 is 0. The normalized spacial score (nSPS) is 10.8. The maximum Gasteiger partial charge on any atom is 0.265 e. The number of amides is 2. The van der Waals surface area contributed by atoms with Gasteiger partial charge in [-0.15, -0.1) is 0 Å². The Labute approximate surface area is 217 Å². The fourth-order valence-electron chi connectivity index (χ4n) is 4.02. The minimum atomic E-state index is -0.308. The molecule has 0 saturated heterocycles. The summed E-state index contributed by atoms with van der Waals surface area (Å²) in [5.74, 6) is 0.279. The highest BCUT2D eigenvalue weighted by molar-refractivity contribution is 5.93. The molecule has 0 unspecified atom stereocenters. The third-order valence-corrected chi connectivity index (χ3v) is 5.47. The first-order valence-corrected chi connectivity index (χ1v) is 11.9. The van der Waals surface area contributed by atoms with Crippen molar-refractivity contribution < 1.29 is 23.9 Å². The van der Waals surface area contributed by atoms with Crippen LogP contribution in [0.5, 0.6) is 11.5 Å². The van der Waals surface area contributed by atoms with Crippen molar-refractivity contribution in [3.63, 3.8) is 0 Å². The molecule has 0 saturated carbocycles. The number of carbonyl (C=O) groups excluding carboxylic acids is 2. The number of benzene rings is 3. The molecule has 8 heteroatoms. The molecule has 0 fully saturated rings. The van der Waals surface area contributed by atoms with Crippen molar-refractivity contribution >= 4 is 29.4 Å². The lowest BCUT2D eigenvalue weighted by Crippen LogP contribution is -2.21. The number of ether oxygens (including phenoxy) is 2. The van der Waals surface area contributed by atoms with Gasteiger partial charge in [-0.3, -0.25) is 9.59 Å². The summed E-state index contributed by atoms with van der Waals surface area (Å²) in [4.78, 5) is 29.7. The van der Waals surface area contributed by atoms with Gasteiger partial charge in [0, 0.05) is 16.9 Å². The van der Waals surface area contributed by atoms with Crippen LogP contribution in [0, 0.1) is 34.6 Å². The number of methoxy groups -OCH3 is 1. The van der Waals surface area contributed by atoms with Gasteiger partial charge in [0.2, 0.25) is 0 Å². The summed E-state index contributed by atoms with van der Waals surface area (Å²) in [7, 11) is 1.51. The van der Waals surface area contributed by atoms with E-state index in [0.29, 0.717) is 22.7 Å². The molecule has 0 radical (unpaired) electrons. The van der Waals surface area contributed by atoms with E-state index in [1.807, 2.05) is 65.0 Å². The zero-order chi connectivity index (χ0) is 26.9. The van der Waals surface area contributed by atoms with E-state index in [-0.39, 0.29) is 25.0 Å². The first-order valence-electron chi connectivity index (χ1n) is 11.9. The molecule has 0 aliphatic rings. The minimum Gasteiger partial charge on any atom is -0.493 e. The molecule has 3 aromatic rings. The van der Waals surface area contributed by atoms with Gasteiger partial charge in [-0.25, -0.2) is 0 Å². The highest BCUT2D eigenvalue weighted by atomic mass is 16.6. The van der Waals surface area contributed by atoms with Crippen molar-refractivity contribution in [2.75, 3.05) is 31.0 Å². The average molecular weight is 504 g/mol. The molecule has 0 aliphatic heterocycles. The van der Waals surface area contributed by atoms with Gasteiger partial charge in [0.05, 0.1) is 13.3 Å². The molecule has 8 nitrogen and oxygen atoms in total. The molecule has 0 aliphatic carbocycles. The largest absolute Gasteiger partial charge is 0.493 e. The van der Waals surface area contributed by atoms with E-state index in [1.54, 1.807) is 18.2 Å². The van der Waals surface area contributed by atoms with E-state index in [4.69, 9.17) is 14.3 Å². The number of nitrogens with zero attached hydrogens (tertiary/aromatic N) is 1. The van der Waals surface area contributed by atoms with Gasteiger partial charge in [0.15, 0.2) is 24.7 Å². The van der Waals surface area contributed by atoms with Gasteiger partial charge in [-0.05, 0) is 87.2 Å². The standard InChI is InChI=1S/C29H33N3O5/c1-18-9-19(2)13-24(12-18)31-28(34)17-37-30-15-23-7-8-25(26(14-23)35-6)36-16-27(33)32-29-21(4)10-20(3)11-22(29)5/h7-15H,16-17H2,1-6H3,(H,31,34)(H,32,33). The molecule has 0 bridgehead atoms. The first-order chi connectivity index (χ1) is 17.6. The van der Waals surface area contributed by atoms with E-state index in [0.717, 1.165) is 33.5 Å². The molecule has 0 atom stereocenters. The minimum absolute atomic E-state index is 0.171. The molecule has 0 spiro atoms. The second-order valence-electron chi connectivity index (χ2n) is 8.95. The van der Waals surface area contributed by atoms with Gasteiger partial charge in [0.1, 0.15) is 0 Å². The van der Waals surface area contributed by atoms with Crippen LogP contribution in [-0.4, -0.2) is 38.4 Å². The number of nitrogens with one attached hydrogen (secondary N) is 2. The maximum absolute atomic E-state index is 12.5. The van der Waals surface area contributed by atoms with Crippen LogP contribution in [0.25, 0.3) is 0 Å². The zero-order valence-corrected chi connectivity index (χ0v) is 22.1. The Morgan fingerprint density at radius 3 is 2.05 bits per heavy atom. The summed E-state index contributed by atoms with van der Waals surface area (Å²) in [6, 6.07) is 15.0. The molecular weight excluding hydrogens is 470 g/mol. The van der Waals surface area contributed by atoms with Crippen LogP contribution in [0.4, 0.5) is 11.4 Å². The average Bonchev–Trinajstić information content (AvgIpc) is 2.82. The smallest absolute Gasteiger partial charge is 0.265 e. The lowest BCUT2D eigenvalue weighted by Gasteiger charge is -2.14. The quantitative estimate of drug-likeness (QED) is 0.291. The van der Waals surface area contributed by atoms with Crippen molar-refractivity contribution in [1.29, 1.82) is 0 Å². The highest BCUT2D eigenvalue weighted by Gasteiger charge is 2.12. The van der Waals surface area contributed by atoms with Gasteiger partial charge in [-0.1, -0.05) is 28.9 Å². The predicted octanol–water partition coefficient (Wildman–Crippen LogP) is 5.24. The van der Waals surface area contributed by atoms with E-state index < -0.39 is 0 Å². The molecule has 2 N–H and O–H groups in total. The van der Waals surface area contributed by atoms with E-state index in [2.05, 4.69) is 15.8 Å². The van der Waals surface area contributed by atoms with Crippen LogP contribution >= 0.6 is 0 Å². The zero-order valence-electron chi connectivity index (χ0n) is 22.1. The van der Waals surface area contributed by atoms with Crippen molar-refractivity contribution in [1.82, 2.24) is 0 Å². The Bertz CT molecular complexity index is 1270. The molecule has 2 amide bonds. The van der Waals surface area contributed by atoms with Gasteiger partial charge < -0.3 is 24.9 Å². The second kappa shape index (κ2) is 12.6. The highest BCUT2D eigenvalue weighted by Crippen LogP contribution is 2.28. The summed E-state index contributed by atoms with van der Waals surface area (Å²) in [5, 5.41) is 9.56. The van der Waals surface area contributed by atoms with E-state index >= 15 is 0 Å². The van der Waals surface area contributed by atoms with Crippen molar-refractivity contribution in [2.45, 2.75) is 34.6 Å². The third-order valence-electron chi connectivity index (χ3n) is 5.47. The molecule has 3 aromatic carbocycles. The van der Waals surface area contributed by atoms with Crippen molar-refractivity contribution in [3.05, 3.63) is 81.9 Å². The predicted molar refractivity (Wildman–Crippen MR) is 146 cm³/mol. The summed E-state index contributed by atoms with van der Waals surface area (Å²) in [5.41, 5.74) is 7.45. The monoisotopic (exact) mass is 503 g/mol. The Morgan fingerprint density at radius 1 is 0.784 bits per heavy atom. The van der Waals surface area contributed by atoms with Crippen LogP contribution < -0.4 is 20.1 Å². The SMILES string of the molecule is COc1cc(C=NOCC(=O)Nc2cc(C)cc(C)c2)ccc1OCC(=O)Nc1c(C)cc(C)cc1C. The molecule has 0 heterocycles. The van der Waals surface area contributed by atoms with Crippen LogP contribution in [0.2, 0.25) is 0 Å². The second-order valence-corrected chi connectivity index (χ2v) is 8.95. The van der Waals surface area contributed by atoms with Crippen LogP contribution in [0.15, 0.2) is 53.7 Å². The third kappa shape index (κ3) is 8.10. The number of hydrogen-bond donors (Lipinski definition) is 2. The topological polar surface area (TPSA) is 98.2 Å². The Morgan fingerprint density at radius 2 is 1.41 bits per heavy atom. The van der Waals surface area contributed by atoms with Crippen molar-refractivity contribution in [2.24, 2.45) is 5.16 Å². The van der Waals surface area contributed by atoms with Gasteiger partial charge >= 0.3 is 0 Å². The number of carbonyl (C=O) groups is 2. The molecule has 3 rings (SSSR count). The Kier molecular flexibility index (Phi) is 9.27. The molecular formula is C29H33N3O5. The van der Waals surface area contributed by atoms with E-state index in [1.165, 1.54) is 13.3 Å². The van der Waals surface area contributed by atoms with Crippen LogP contribution in [-0.2, 0) is 14.4 Å². The first kappa shape index (κ1) is 27.3. The van der Waals surface area contributed by atoms with Crippen LogP contribution in [0.3, 0.4) is 0 Å². The molecule has 0 aromatic heterocycles. The van der Waals surface area contributed by atoms with Crippen LogP contribution in [0.1, 0.15) is 33.4 Å². The summed E-state index contributed by atoms with van der Waals surface area (Å²) < 4.78 is 11.1. The Hall–Kier alpha value is -4.33.